The van der Waals surface area contributed by atoms with Gasteiger partial charge in [-0.3, -0.25) is 0 Å². The van der Waals surface area contributed by atoms with Gasteiger partial charge in [0.2, 0.25) is 0 Å². The zero-order valence-corrected chi connectivity index (χ0v) is 19.2. The minimum absolute atomic E-state index is 0.0641. The topological polar surface area (TPSA) is 88.6 Å². The highest BCUT2D eigenvalue weighted by Crippen LogP contribution is 2.18. The Balaban J connectivity index is 2.10. The molecule has 9 heteroatoms. The summed E-state index contributed by atoms with van der Waals surface area (Å²) < 4.78 is 16.3. The molecule has 1 aliphatic rings. The monoisotopic (exact) mass is 435 g/mol. The van der Waals surface area contributed by atoms with Gasteiger partial charge in [-0.15, -0.1) is 0 Å². The van der Waals surface area contributed by atoms with Gasteiger partial charge in [-0.25, -0.2) is 24.4 Å². The first-order valence-electron chi connectivity index (χ1n) is 10.3. The number of rotatable bonds is 2. The summed E-state index contributed by atoms with van der Waals surface area (Å²) in [6, 6.07) is 9.35. The van der Waals surface area contributed by atoms with Crippen LogP contribution in [0.4, 0.5) is 14.4 Å². The fraction of sp³-hybridized carbons (Fsp3) is 0.591. The SMILES string of the molecule is CC(C)(C)OC(=O)N1CCN(C(=O)OCc2ccccc2)CCN1C(=O)OC(C)(C)C. The van der Waals surface area contributed by atoms with Crippen molar-refractivity contribution in [1.82, 2.24) is 14.9 Å². The van der Waals surface area contributed by atoms with Gasteiger partial charge in [-0.05, 0) is 47.1 Å². The number of carbonyl (C=O) groups is 3. The highest BCUT2D eigenvalue weighted by molar-refractivity contribution is 5.75. The fourth-order valence-electron chi connectivity index (χ4n) is 2.79. The average molecular weight is 436 g/mol. The number of benzene rings is 1. The number of hydrogen-bond donors (Lipinski definition) is 0. The lowest BCUT2D eigenvalue weighted by molar-refractivity contribution is -0.0572. The van der Waals surface area contributed by atoms with Crippen LogP contribution in [0.5, 0.6) is 0 Å². The van der Waals surface area contributed by atoms with Crippen LogP contribution in [0.3, 0.4) is 0 Å². The van der Waals surface area contributed by atoms with Gasteiger partial charge in [0.15, 0.2) is 0 Å². The minimum atomic E-state index is -0.739. The van der Waals surface area contributed by atoms with E-state index >= 15 is 0 Å². The molecule has 0 unspecified atom stereocenters. The quantitative estimate of drug-likeness (QED) is 0.652. The second-order valence-corrected chi connectivity index (χ2v) is 9.23. The van der Waals surface area contributed by atoms with E-state index in [2.05, 4.69) is 0 Å². The highest BCUT2D eigenvalue weighted by Gasteiger charge is 2.36. The standard InChI is InChI=1S/C22H33N3O6/c1-21(2,3)30-19(27)24-14-12-23(13-15-25(24)20(28)31-22(4,5)6)18(26)29-16-17-10-8-7-9-11-17/h7-11H,12-16H2,1-6H3. The number of nitrogens with zero attached hydrogens (tertiary/aromatic N) is 3. The maximum absolute atomic E-state index is 12.8. The van der Waals surface area contributed by atoms with Gasteiger partial charge in [0.25, 0.3) is 0 Å². The van der Waals surface area contributed by atoms with E-state index in [0.717, 1.165) is 5.56 Å². The minimum Gasteiger partial charge on any atom is -0.445 e. The summed E-state index contributed by atoms with van der Waals surface area (Å²) in [5, 5.41) is 2.37. The largest absolute Gasteiger partial charge is 0.445 e. The Hall–Kier alpha value is -2.97. The van der Waals surface area contributed by atoms with Crippen molar-refractivity contribution in [2.24, 2.45) is 0 Å². The summed E-state index contributed by atoms with van der Waals surface area (Å²) in [7, 11) is 0. The van der Waals surface area contributed by atoms with Gasteiger partial charge in [0.05, 0.1) is 13.1 Å². The van der Waals surface area contributed by atoms with Crippen molar-refractivity contribution in [1.29, 1.82) is 0 Å². The normalized spacial score (nSPS) is 15.2. The van der Waals surface area contributed by atoms with Crippen molar-refractivity contribution in [3.8, 4) is 0 Å². The number of ether oxygens (including phenoxy) is 3. The lowest BCUT2D eigenvalue weighted by Gasteiger charge is -2.35. The molecular weight excluding hydrogens is 402 g/mol. The molecule has 3 amide bonds. The fourth-order valence-corrected chi connectivity index (χ4v) is 2.79. The van der Waals surface area contributed by atoms with Crippen molar-refractivity contribution >= 4 is 18.3 Å². The second-order valence-electron chi connectivity index (χ2n) is 9.23. The van der Waals surface area contributed by atoms with Crippen molar-refractivity contribution < 1.29 is 28.6 Å². The summed E-state index contributed by atoms with van der Waals surface area (Å²) in [5.74, 6) is 0. The van der Waals surface area contributed by atoms with Crippen molar-refractivity contribution in [3.05, 3.63) is 35.9 Å². The predicted molar refractivity (Wildman–Crippen MR) is 114 cm³/mol. The van der Waals surface area contributed by atoms with Crippen LogP contribution in [0, 0.1) is 0 Å². The van der Waals surface area contributed by atoms with Gasteiger partial charge in [-0.1, -0.05) is 30.3 Å². The summed E-state index contributed by atoms with van der Waals surface area (Å²) >= 11 is 0. The van der Waals surface area contributed by atoms with Crippen LogP contribution < -0.4 is 0 Å². The number of hydrazine groups is 1. The van der Waals surface area contributed by atoms with Crippen LogP contribution in [-0.2, 0) is 20.8 Å². The first kappa shape index (κ1) is 24.3. The molecule has 0 aliphatic carbocycles. The highest BCUT2D eigenvalue weighted by atomic mass is 16.6. The molecular formula is C22H33N3O6. The average Bonchev–Trinajstić information content (AvgIpc) is 2.87. The molecule has 172 valence electrons. The molecule has 1 heterocycles. The van der Waals surface area contributed by atoms with Crippen LogP contribution in [0.1, 0.15) is 47.1 Å². The Morgan fingerprint density at radius 2 is 1.19 bits per heavy atom. The molecule has 1 aromatic carbocycles. The molecule has 0 aromatic heterocycles. The van der Waals surface area contributed by atoms with Crippen LogP contribution in [0.25, 0.3) is 0 Å². The zero-order chi connectivity index (χ0) is 23.2. The Labute approximate surface area is 183 Å². The lowest BCUT2D eigenvalue weighted by atomic mass is 10.2. The third-order valence-electron chi connectivity index (χ3n) is 4.13. The van der Waals surface area contributed by atoms with Gasteiger partial charge in [0.1, 0.15) is 17.8 Å². The molecule has 1 aliphatic heterocycles. The second kappa shape index (κ2) is 9.89. The van der Waals surface area contributed by atoms with E-state index in [9.17, 15) is 14.4 Å². The van der Waals surface area contributed by atoms with Crippen molar-refractivity contribution in [3.63, 3.8) is 0 Å². The van der Waals surface area contributed by atoms with Gasteiger partial charge >= 0.3 is 18.3 Å². The lowest BCUT2D eigenvalue weighted by Crippen LogP contribution is -2.53. The van der Waals surface area contributed by atoms with Crippen LogP contribution in [0.2, 0.25) is 0 Å². The maximum Gasteiger partial charge on any atom is 0.429 e. The van der Waals surface area contributed by atoms with E-state index in [1.807, 2.05) is 30.3 Å². The molecule has 0 spiro atoms. The van der Waals surface area contributed by atoms with Gasteiger partial charge < -0.3 is 19.1 Å². The molecule has 0 bridgehead atoms. The Kier molecular flexibility index (Phi) is 7.75. The first-order valence-corrected chi connectivity index (χ1v) is 10.3. The summed E-state index contributed by atoms with van der Waals surface area (Å²) in [6.45, 7) is 11.1. The third kappa shape index (κ3) is 7.99. The molecule has 0 radical (unpaired) electrons. The molecule has 1 fully saturated rings. The molecule has 1 aromatic rings. The smallest absolute Gasteiger partial charge is 0.429 e. The molecule has 2 rings (SSSR count). The summed E-state index contributed by atoms with van der Waals surface area (Å²) in [6.07, 6.45) is -1.88. The summed E-state index contributed by atoms with van der Waals surface area (Å²) in [5.41, 5.74) is -0.606. The Morgan fingerprint density at radius 1 is 0.742 bits per heavy atom. The molecule has 9 nitrogen and oxygen atoms in total. The van der Waals surface area contributed by atoms with E-state index in [4.69, 9.17) is 14.2 Å². The predicted octanol–water partition coefficient (Wildman–Crippen LogP) is 4.03. The zero-order valence-electron chi connectivity index (χ0n) is 19.2. The number of hydrogen-bond acceptors (Lipinski definition) is 6. The van der Waals surface area contributed by atoms with E-state index in [1.165, 1.54) is 14.9 Å². The van der Waals surface area contributed by atoms with Crippen LogP contribution in [0.15, 0.2) is 30.3 Å². The molecule has 31 heavy (non-hydrogen) atoms. The molecule has 0 atom stereocenters. The first-order chi connectivity index (χ1) is 14.4. The Morgan fingerprint density at radius 3 is 1.61 bits per heavy atom. The maximum atomic E-state index is 12.8. The molecule has 1 saturated heterocycles. The van der Waals surface area contributed by atoms with Gasteiger partial charge in [0, 0.05) is 13.1 Å². The molecule has 0 saturated carbocycles. The van der Waals surface area contributed by atoms with Crippen molar-refractivity contribution in [2.45, 2.75) is 59.4 Å². The number of amides is 3. The van der Waals surface area contributed by atoms with E-state index < -0.39 is 29.5 Å². The van der Waals surface area contributed by atoms with Crippen LogP contribution >= 0.6 is 0 Å². The third-order valence-corrected chi connectivity index (χ3v) is 4.13. The van der Waals surface area contributed by atoms with E-state index in [-0.39, 0.29) is 32.8 Å². The molecule has 0 N–H and O–H groups in total. The summed E-state index contributed by atoms with van der Waals surface area (Å²) in [4.78, 5) is 39.5. The van der Waals surface area contributed by atoms with Gasteiger partial charge in [-0.2, -0.15) is 0 Å². The van der Waals surface area contributed by atoms with E-state index in [0.29, 0.717) is 0 Å². The van der Waals surface area contributed by atoms with E-state index in [1.54, 1.807) is 41.5 Å². The van der Waals surface area contributed by atoms with Crippen molar-refractivity contribution in [2.75, 3.05) is 26.2 Å². The Bertz CT molecular complexity index is 732. The van der Waals surface area contributed by atoms with Crippen LogP contribution in [-0.4, -0.2) is 70.6 Å². The number of carbonyl (C=O) groups excluding carboxylic acids is 3.